The van der Waals surface area contributed by atoms with E-state index in [1.165, 1.54) is 23.7 Å². The first-order valence-electron chi connectivity index (χ1n) is 5.77. The SMILES string of the molecule is Cn1c(C(=O)NCC2(CN)CC2)ccc1[N+](=O)[O-]. The summed E-state index contributed by atoms with van der Waals surface area (Å²) in [5, 5.41) is 13.5. The minimum atomic E-state index is -0.515. The Kier molecular flexibility index (Phi) is 3.08. The van der Waals surface area contributed by atoms with Gasteiger partial charge in [-0.3, -0.25) is 4.79 Å². The molecule has 0 spiro atoms. The summed E-state index contributed by atoms with van der Waals surface area (Å²) in [5.74, 6) is -0.398. The molecule has 2 rings (SSSR count). The lowest BCUT2D eigenvalue weighted by Crippen LogP contribution is -2.34. The summed E-state index contributed by atoms with van der Waals surface area (Å²) in [6.07, 6.45) is 2.05. The molecule has 7 nitrogen and oxygen atoms in total. The Bertz CT molecular complexity index is 490. The van der Waals surface area contributed by atoms with Gasteiger partial charge in [-0.1, -0.05) is 0 Å². The fourth-order valence-electron chi connectivity index (χ4n) is 1.90. The molecule has 1 aliphatic rings. The second kappa shape index (κ2) is 4.41. The zero-order valence-electron chi connectivity index (χ0n) is 10.2. The molecule has 0 bridgehead atoms. The molecule has 1 aliphatic carbocycles. The maximum atomic E-state index is 11.9. The van der Waals surface area contributed by atoms with Gasteiger partial charge in [0.05, 0.1) is 7.05 Å². The van der Waals surface area contributed by atoms with Crippen molar-refractivity contribution in [1.29, 1.82) is 0 Å². The Hall–Kier alpha value is -1.89. The van der Waals surface area contributed by atoms with Crippen molar-refractivity contribution in [3.63, 3.8) is 0 Å². The maximum absolute atomic E-state index is 11.9. The van der Waals surface area contributed by atoms with Crippen molar-refractivity contribution in [2.75, 3.05) is 13.1 Å². The van der Waals surface area contributed by atoms with Crippen molar-refractivity contribution >= 4 is 11.7 Å². The number of nitrogens with zero attached hydrogens (tertiary/aromatic N) is 2. The number of hydrogen-bond donors (Lipinski definition) is 2. The number of hydrogen-bond acceptors (Lipinski definition) is 4. The van der Waals surface area contributed by atoms with Crippen LogP contribution in [0.5, 0.6) is 0 Å². The zero-order valence-corrected chi connectivity index (χ0v) is 10.2. The number of carbonyl (C=O) groups is 1. The first-order chi connectivity index (χ1) is 8.49. The highest BCUT2D eigenvalue weighted by atomic mass is 16.6. The second-order valence-corrected chi connectivity index (χ2v) is 4.78. The fraction of sp³-hybridized carbons (Fsp3) is 0.545. The third-order valence-corrected chi connectivity index (χ3v) is 3.53. The van der Waals surface area contributed by atoms with Crippen LogP contribution in [-0.2, 0) is 7.05 Å². The van der Waals surface area contributed by atoms with Crippen LogP contribution in [0.2, 0.25) is 0 Å². The van der Waals surface area contributed by atoms with Crippen LogP contribution < -0.4 is 11.1 Å². The lowest BCUT2D eigenvalue weighted by Gasteiger charge is -2.12. The van der Waals surface area contributed by atoms with E-state index in [-0.39, 0.29) is 22.8 Å². The van der Waals surface area contributed by atoms with E-state index >= 15 is 0 Å². The third kappa shape index (κ3) is 2.21. The van der Waals surface area contributed by atoms with Crippen molar-refractivity contribution in [3.8, 4) is 0 Å². The Morgan fingerprint density at radius 2 is 2.28 bits per heavy atom. The molecule has 7 heteroatoms. The Morgan fingerprint density at radius 1 is 1.61 bits per heavy atom. The lowest BCUT2D eigenvalue weighted by molar-refractivity contribution is -0.391. The monoisotopic (exact) mass is 252 g/mol. The summed E-state index contributed by atoms with van der Waals surface area (Å²) in [6, 6.07) is 2.78. The number of amides is 1. The molecule has 1 aromatic rings. The highest BCUT2D eigenvalue weighted by Gasteiger charge is 2.41. The van der Waals surface area contributed by atoms with Gasteiger partial charge in [0.1, 0.15) is 0 Å². The van der Waals surface area contributed by atoms with Crippen LogP contribution in [0.3, 0.4) is 0 Å². The predicted molar refractivity (Wildman–Crippen MR) is 65.1 cm³/mol. The van der Waals surface area contributed by atoms with E-state index in [0.29, 0.717) is 13.1 Å². The van der Waals surface area contributed by atoms with E-state index in [4.69, 9.17) is 5.73 Å². The number of aromatic nitrogens is 1. The summed E-state index contributed by atoms with van der Waals surface area (Å²) in [4.78, 5) is 22.0. The molecule has 0 saturated heterocycles. The van der Waals surface area contributed by atoms with E-state index in [9.17, 15) is 14.9 Å². The van der Waals surface area contributed by atoms with Gasteiger partial charge in [-0.25, -0.2) is 4.57 Å². The van der Waals surface area contributed by atoms with Crippen molar-refractivity contribution in [1.82, 2.24) is 9.88 Å². The highest BCUT2D eigenvalue weighted by molar-refractivity contribution is 5.93. The van der Waals surface area contributed by atoms with E-state index in [1.54, 1.807) is 0 Å². The molecule has 0 aliphatic heterocycles. The van der Waals surface area contributed by atoms with Gasteiger partial charge in [0.25, 0.3) is 5.91 Å². The standard InChI is InChI=1S/C11H16N4O3/c1-14-8(2-3-9(14)15(17)18)10(16)13-7-11(6-12)4-5-11/h2-3H,4-7,12H2,1H3,(H,13,16). The third-order valence-electron chi connectivity index (χ3n) is 3.53. The molecule has 0 unspecified atom stereocenters. The highest BCUT2D eigenvalue weighted by Crippen LogP contribution is 2.43. The van der Waals surface area contributed by atoms with Crippen LogP contribution in [-0.4, -0.2) is 28.5 Å². The quantitative estimate of drug-likeness (QED) is 0.584. The molecule has 1 saturated carbocycles. The number of rotatable bonds is 5. The van der Waals surface area contributed by atoms with Gasteiger partial charge in [0, 0.05) is 18.0 Å². The van der Waals surface area contributed by atoms with Crippen molar-refractivity contribution < 1.29 is 9.72 Å². The van der Waals surface area contributed by atoms with Crippen molar-refractivity contribution in [2.24, 2.45) is 18.2 Å². The van der Waals surface area contributed by atoms with Gasteiger partial charge in [-0.15, -0.1) is 0 Å². The predicted octanol–water partition coefficient (Wildman–Crippen LogP) is 0.402. The summed E-state index contributed by atoms with van der Waals surface area (Å²) in [7, 11) is 1.50. The van der Waals surface area contributed by atoms with Crippen LogP contribution in [0.4, 0.5) is 5.82 Å². The zero-order chi connectivity index (χ0) is 13.3. The molecular weight excluding hydrogens is 236 g/mol. The van der Waals surface area contributed by atoms with E-state index < -0.39 is 4.92 Å². The molecule has 18 heavy (non-hydrogen) atoms. The fourth-order valence-corrected chi connectivity index (χ4v) is 1.90. The minimum absolute atomic E-state index is 0.0484. The average Bonchev–Trinajstić information content (AvgIpc) is 3.02. The second-order valence-electron chi connectivity index (χ2n) is 4.78. The lowest BCUT2D eigenvalue weighted by atomic mass is 10.1. The minimum Gasteiger partial charge on any atom is -0.358 e. The molecule has 3 N–H and O–H groups in total. The van der Waals surface area contributed by atoms with Crippen LogP contribution in [0, 0.1) is 15.5 Å². The first-order valence-corrected chi connectivity index (χ1v) is 5.77. The normalized spacial score (nSPS) is 16.3. The number of nitrogens with one attached hydrogen (secondary N) is 1. The van der Waals surface area contributed by atoms with Gasteiger partial charge >= 0.3 is 5.82 Å². The smallest absolute Gasteiger partial charge is 0.323 e. The molecule has 1 heterocycles. The van der Waals surface area contributed by atoms with Gasteiger partial charge in [-0.2, -0.15) is 0 Å². The van der Waals surface area contributed by atoms with E-state index in [1.807, 2.05) is 0 Å². The summed E-state index contributed by atoms with van der Waals surface area (Å²) >= 11 is 0. The van der Waals surface area contributed by atoms with Gasteiger partial charge < -0.3 is 21.2 Å². The molecular formula is C11H16N4O3. The van der Waals surface area contributed by atoms with Crippen LogP contribution in [0.1, 0.15) is 23.3 Å². The summed E-state index contributed by atoms with van der Waals surface area (Å²) < 4.78 is 1.28. The van der Waals surface area contributed by atoms with Crippen LogP contribution in [0.15, 0.2) is 12.1 Å². The van der Waals surface area contributed by atoms with Crippen LogP contribution in [0.25, 0.3) is 0 Å². The Labute approximate surface area is 104 Å². The van der Waals surface area contributed by atoms with E-state index in [0.717, 1.165) is 12.8 Å². The van der Waals surface area contributed by atoms with E-state index in [2.05, 4.69) is 5.32 Å². The molecule has 0 radical (unpaired) electrons. The molecule has 0 aromatic carbocycles. The number of carbonyl (C=O) groups excluding carboxylic acids is 1. The molecule has 1 fully saturated rings. The summed E-state index contributed by atoms with van der Waals surface area (Å²) in [5.41, 5.74) is 5.96. The first kappa shape index (κ1) is 12.6. The molecule has 1 aromatic heterocycles. The average molecular weight is 252 g/mol. The topological polar surface area (TPSA) is 103 Å². The Balaban J connectivity index is 2.03. The number of nitrogens with two attached hydrogens (primary N) is 1. The van der Waals surface area contributed by atoms with Crippen molar-refractivity contribution in [2.45, 2.75) is 12.8 Å². The maximum Gasteiger partial charge on any atom is 0.323 e. The molecule has 0 atom stereocenters. The molecule has 98 valence electrons. The van der Waals surface area contributed by atoms with Gasteiger partial charge in [0.2, 0.25) is 0 Å². The van der Waals surface area contributed by atoms with Crippen LogP contribution >= 0.6 is 0 Å². The Morgan fingerprint density at radius 3 is 2.72 bits per heavy atom. The van der Waals surface area contributed by atoms with Crippen molar-refractivity contribution in [3.05, 3.63) is 27.9 Å². The summed E-state index contributed by atoms with van der Waals surface area (Å²) in [6.45, 7) is 1.09. The largest absolute Gasteiger partial charge is 0.358 e. The van der Waals surface area contributed by atoms with Gasteiger partial charge in [0.15, 0.2) is 5.69 Å². The number of nitro groups is 1. The molecule has 1 amide bonds. The van der Waals surface area contributed by atoms with Gasteiger partial charge in [-0.05, 0) is 30.4 Å².